The fraction of sp³-hybridized carbons (Fsp3) is 0.778. The Morgan fingerprint density at radius 2 is 0.906 bits per heavy atom. The van der Waals surface area contributed by atoms with E-state index >= 15 is 9.59 Å². The summed E-state index contributed by atoms with van der Waals surface area (Å²) in [7, 11) is 10.3. The first kappa shape index (κ1) is 77.0. The van der Waals surface area contributed by atoms with Crippen molar-refractivity contribution in [1.29, 1.82) is 0 Å². The van der Waals surface area contributed by atoms with Gasteiger partial charge in [-0.05, 0) is 101 Å². The smallest absolute Gasteiger partial charge is 0.246 e. The van der Waals surface area contributed by atoms with E-state index in [1.165, 1.54) is 97.5 Å². The van der Waals surface area contributed by atoms with E-state index in [-0.39, 0.29) is 61.5 Å². The molecule has 486 valence electrons. The van der Waals surface area contributed by atoms with Gasteiger partial charge in [-0.2, -0.15) is 0 Å². The van der Waals surface area contributed by atoms with Crippen molar-refractivity contribution in [3.63, 3.8) is 0 Å². The van der Waals surface area contributed by atoms with Crippen LogP contribution in [-0.2, 0) is 47.9 Å². The molecule has 0 radical (unpaired) electrons. The molecule has 0 spiro atoms. The van der Waals surface area contributed by atoms with Gasteiger partial charge in [0.05, 0.1) is 18.7 Å². The highest BCUT2D eigenvalue weighted by Crippen LogP contribution is 2.27. The number of allylic oxidation sites excluding steroid dienone is 2. The highest BCUT2D eigenvalue weighted by molar-refractivity contribution is 5.98. The SMILES string of the molecule is C=C1N[C@@H](CC)C(=O)N(C)CC(=O)N(C)[C@@H](CC(C)C)C(=O)N[C@@H](C(C)C)C(=O)N(C)[C@@H](CC(C)C)C(=O)N[C@@H](C)C(=O)N[C@H](C)C(=O)N(C)[C@@H](CC(C)C)C(=O)N(C)[C@@H](CC(C)C)C(=O)N(C)C(C(C)C)C(=O)N(C)[C@H]1[C@H](O)[C@H](C)C/C=C/C. The zero-order valence-corrected chi connectivity index (χ0v) is 56.4. The molecule has 10 amide bonds. The molecule has 0 aromatic rings. The summed E-state index contributed by atoms with van der Waals surface area (Å²) in [6.45, 7) is 34.3. The third kappa shape index (κ3) is 21.7. The maximum Gasteiger partial charge on any atom is 0.246 e. The number of amides is 10. The molecule has 85 heavy (non-hydrogen) atoms. The Hall–Kier alpha value is -6.06. The van der Waals surface area contributed by atoms with Gasteiger partial charge in [-0.3, -0.25) is 47.9 Å². The monoisotopic (exact) mass is 1200 g/mol. The summed E-state index contributed by atoms with van der Waals surface area (Å²) < 4.78 is 0. The molecular formula is C63H113N11O11. The summed E-state index contributed by atoms with van der Waals surface area (Å²) >= 11 is 0. The molecule has 1 rings (SSSR count). The normalized spacial score (nSPS) is 26.9. The lowest BCUT2D eigenvalue weighted by molar-refractivity contribution is -0.155. The predicted octanol–water partition coefficient (Wildman–Crippen LogP) is 4.26. The largest absolute Gasteiger partial charge is 0.390 e. The minimum atomic E-state index is -1.25. The van der Waals surface area contributed by atoms with E-state index in [9.17, 15) is 43.5 Å². The van der Waals surface area contributed by atoms with Crippen molar-refractivity contribution in [2.45, 2.75) is 223 Å². The number of rotatable bonds is 15. The third-order valence-electron chi connectivity index (χ3n) is 16.2. The van der Waals surface area contributed by atoms with E-state index in [0.717, 1.165) is 0 Å². The highest BCUT2D eigenvalue weighted by atomic mass is 16.3. The molecule has 0 aromatic heterocycles. The average Bonchev–Trinajstić information content (AvgIpc) is 3.54. The Kier molecular flexibility index (Phi) is 31.6. The molecule has 22 heteroatoms. The van der Waals surface area contributed by atoms with E-state index in [4.69, 9.17) is 0 Å². The summed E-state index contributed by atoms with van der Waals surface area (Å²) in [5, 5.41) is 23.7. The fourth-order valence-corrected chi connectivity index (χ4v) is 10.8. The zero-order valence-electron chi connectivity index (χ0n) is 56.4. The van der Waals surface area contributed by atoms with E-state index in [1.54, 1.807) is 34.6 Å². The van der Waals surface area contributed by atoms with Crippen molar-refractivity contribution < 1.29 is 53.1 Å². The first-order chi connectivity index (χ1) is 39.2. The van der Waals surface area contributed by atoms with Crippen molar-refractivity contribution >= 4 is 59.1 Å². The lowest BCUT2D eigenvalue weighted by Gasteiger charge is -2.42. The minimum Gasteiger partial charge on any atom is -0.390 e. The van der Waals surface area contributed by atoms with Crippen molar-refractivity contribution in [1.82, 2.24) is 55.6 Å². The standard InChI is InChI=1S/C63H113N11O11/c1-26-28-29-41(15)54(76)53-42(16)64-45(27-2)59(81)68(19)34-50(75)69(20)46(30-35(3)4)57(79)67-51(39(11)12)62(84)70(21)47(31-36(5)6)56(78)65-43(17)55(77)66-44(18)58(80)71(22)48(32-37(7)8)60(82)72(23)49(33-38(9)10)61(83)73(24)52(40(13)14)63(85)74(53)25/h26,28,35-41,43-49,51-54,64,76H,16,27,29-34H2,1-15,17-25H3,(H,65,78)(H,66,77)(H,67,79)/b28-26+/t41-,43+,44-,45+,46+,47+,48+,49+,51+,52?,53-,54-/m1/s1. The zero-order chi connectivity index (χ0) is 66.0. The predicted molar refractivity (Wildman–Crippen MR) is 333 cm³/mol. The van der Waals surface area contributed by atoms with Crippen LogP contribution in [0, 0.1) is 41.4 Å². The van der Waals surface area contributed by atoms with Crippen molar-refractivity contribution in [2.24, 2.45) is 41.4 Å². The number of carbonyl (C=O) groups excluding carboxylic acids is 10. The maximum absolute atomic E-state index is 15.2. The molecule has 0 saturated carbocycles. The van der Waals surface area contributed by atoms with Gasteiger partial charge < -0.3 is 60.7 Å². The maximum atomic E-state index is 15.2. The Morgan fingerprint density at radius 3 is 1.35 bits per heavy atom. The van der Waals surface area contributed by atoms with Crippen LogP contribution in [0.25, 0.3) is 0 Å². The van der Waals surface area contributed by atoms with Crippen LogP contribution in [-0.4, -0.2) is 221 Å². The molecule has 0 aliphatic carbocycles. The molecule has 1 unspecified atom stereocenters. The topological polar surface area (TPSA) is 262 Å². The second kappa shape index (κ2) is 34.9. The van der Waals surface area contributed by atoms with E-state index in [0.29, 0.717) is 6.42 Å². The van der Waals surface area contributed by atoms with Crippen LogP contribution < -0.4 is 21.3 Å². The van der Waals surface area contributed by atoms with Gasteiger partial charge in [-0.15, -0.1) is 0 Å². The van der Waals surface area contributed by atoms with Crippen LogP contribution in [0.4, 0.5) is 0 Å². The van der Waals surface area contributed by atoms with Gasteiger partial charge in [0, 0.05) is 55.0 Å². The molecule has 1 aliphatic rings. The van der Waals surface area contributed by atoms with Crippen LogP contribution in [0.1, 0.15) is 156 Å². The number of carbonyl (C=O) groups is 10. The summed E-state index contributed by atoms with van der Waals surface area (Å²) in [6, 6.07) is -11.3. The number of nitrogens with one attached hydrogen (secondary N) is 4. The number of likely N-dealkylation sites (N-methyl/N-ethyl adjacent to an activating group) is 7. The molecule has 22 nitrogen and oxygen atoms in total. The molecule has 1 fully saturated rings. The molecule has 0 bridgehead atoms. The van der Waals surface area contributed by atoms with Crippen LogP contribution in [0.15, 0.2) is 24.4 Å². The number of nitrogens with zero attached hydrogens (tertiary/aromatic N) is 7. The molecule has 1 saturated heterocycles. The number of hydrogen-bond donors (Lipinski definition) is 5. The minimum absolute atomic E-state index is 0.109. The van der Waals surface area contributed by atoms with Crippen molar-refractivity contribution in [2.75, 3.05) is 55.9 Å². The second-order valence-electron chi connectivity index (χ2n) is 26.3. The number of hydrogen-bond acceptors (Lipinski definition) is 12. The van der Waals surface area contributed by atoms with Crippen LogP contribution in [0.2, 0.25) is 0 Å². The Morgan fingerprint density at radius 1 is 0.494 bits per heavy atom. The highest BCUT2D eigenvalue weighted by Gasteiger charge is 2.44. The lowest BCUT2D eigenvalue weighted by atomic mass is 9.90. The number of aliphatic hydroxyl groups excluding tert-OH is 1. The van der Waals surface area contributed by atoms with E-state index in [1.807, 2.05) is 81.4 Å². The van der Waals surface area contributed by atoms with E-state index < -0.39 is 150 Å². The van der Waals surface area contributed by atoms with Gasteiger partial charge in [-0.25, -0.2) is 0 Å². The molecule has 5 N–H and O–H groups in total. The van der Waals surface area contributed by atoms with Gasteiger partial charge in [0.2, 0.25) is 59.1 Å². The van der Waals surface area contributed by atoms with Gasteiger partial charge >= 0.3 is 0 Å². The average molecular weight is 1200 g/mol. The van der Waals surface area contributed by atoms with Gasteiger partial charge in [0.15, 0.2) is 0 Å². The molecule has 1 heterocycles. The summed E-state index contributed by atoms with van der Waals surface area (Å²) in [6.07, 6.45) is 3.82. The lowest BCUT2D eigenvalue weighted by Crippen LogP contribution is -2.62. The van der Waals surface area contributed by atoms with Gasteiger partial charge in [0.25, 0.3) is 0 Å². The molecule has 0 aromatic carbocycles. The van der Waals surface area contributed by atoms with Crippen LogP contribution in [0.3, 0.4) is 0 Å². The molecular weight excluding hydrogens is 1090 g/mol. The summed E-state index contributed by atoms with van der Waals surface area (Å²) in [4.78, 5) is 155. The van der Waals surface area contributed by atoms with Crippen LogP contribution >= 0.6 is 0 Å². The van der Waals surface area contributed by atoms with Crippen molar-refractivity contribution in [3.8, 4) is 0 Å². The third-order valence-corrected chi connectivity index (χ3v) is 16.2. The number of aliphatic hydroxyl groups is 1. The van der Waals surface area contributed by atoms with Gasteiger partial charge in [-0.1, -0.05) is 116 Å². The Balaban J connectivity index is 4.32. The first-order valence-corrected chi connectivity index (χ1v) is 30.7. The molecule has 12 atom stereocenters. The first-order valence-electron chi connectivity index (χ1n) is 30.7. The van der Waals surface area contributed by atoms with Crippen molar-refractivity contribution in [3.05, 3.63) is 24.4 Å². The van der Waals surface area contributed by atoms with Crippen LogP contribution in [0.5, 0.6) is 0 Å². The quantitative estimate of drug-likeness (QED) is 0.144. The second-order valence-corrected chi connectivity index (χ2v) is 26.3. The summed E-state index contributed by atoms with van der Waals surface area (Å²) in [5.41, 5.74) is 0.122. The fourth-order valence-electron chi connectivity index (χ4n) is 10.8. The van der Waals surface area contributed by atoms with E-state index in [2.05, 4.69) is 27.8 Å². The Bertz CT molecular complexity index is 2320. The summed E-state index contributed by atoms with van der Waals surface area (Å²) in [5.74, 6) is -7.89. The Labute approximate surface area is 510 Å². The van der Waals surface area contributed by atoms with Gasteiger partial charge in [0.1, 0.15) is 54.4 Å². The molecule has 1 aliphatic heterocycles.